The van der Waals surface area contributed by atoms with Crippen molar-refractivity contribution in [3.8, 4) is 23.8 Å². The molecule has 0 N–H and O–H groups in total. The van der Waals surface area contributed by atoms with Gasteiger partial charge in [0.25, 0.3) is 5.91 Å². The van der Waals surface area contributed by atoms with Crippen LogP contribution in [0.5, 0.6) is 11.5 Å². The summed E-state index contributed by atoms with van der Waals surface area (Å²) in [6.45, 7) is 2.53. The summed E-state index contributed by atoms with van der Waals surface area (Å²) in [6.07, 6.45) is 5.91. The van der Waals surface area contributed by atoms with Crippen molar-refractivity contribution in [2.75, 3.05) is 25.7 Å². The minimum Gasteiger partial charge on any atom is -0.497 e. The van der Waals surface area contributed by atoms with Crippen LogP contribution < -0.4 is 14.4 Å². The monoisotopic (exact) mass is 493 g/mol. The van der Waals surface area contributed by atoms with Gasteiger partial charge < -0.3 is 14.4 Å². The molecule has 0 bridgehead atoms. The number of terminal acetylenes is 1. The van der Waals surface area contributed by atoms with Crippen LogP contribution in [0.2, 0.25) is 0 Å². The van der Waals surface area contributed by atoms with E-state index in [1.54, 1.807) is 42.2 Å². The zero-order valence-corrected chi connectivity index (χ0v) is 20.4. The van der Waals surface area contributed by atoms with Gasteiger partial charge >= 0.3 is 0 Å². The molecular weight excluding hydrogens is 469 g/mol. The molecule has 1 aliphatic heterocycles. The molecule has 4 rings (SSSR count). The van der Waals surface area contributed by atoms with Gasteiger partial charge in [-0.05, 0) is 37.0 Å². The molecule has 1 saturated heterocycles. The van der Waals surface area contributed by atoms with E-state index in [-0.39, 0.29) is 17.4 Å². The van der Waals surface area contributed by atoms with Crippen molar-refractivity contribution in [1.29, 1.82) is 0 Å². The number of halogens is 1. The third-order valence-corrected chi connectivity index (χ3v) is 6.73. The highest BCUT2D eigenvalue weighted by Crippen LogP contribution is 2.34. The van der Waals surface area contributed by atoms with Crippen LogP contribution in [0.25, 0.3) is 0 Å². The number of carbonyl (C=O) groups is 2. The van der Waals surface area contributed by atoms with E-state index in [1.165, 1.54) is 42.6 Å². The van der Waals surface area contributed by atoms with E-state index in [0.29, 0.717) is 46.6 Å². The number of methoxy groups -OCH3 is 2. The molecule has 2 heterocycles. The van der Waals surface area contributed by atoms with Gasteiger partial charge in [0.15, 0.2) is 5.01 Å². The van der Waals surface area contributed by atoms with Crippen LogP contribution in [0, 0.1) is 25.1 Å². The van der Waals surface area contributed by atoms with Crippen LogP contribution in [-0.2, 0) is 11.3 Å². The second kappa shape index (κ2) is 10.2. The van der Waals surface area contributed by atoms with Crippen LogP contribution in [0.15, 0.2) is 42.5 Å². The third kappa shape index (κ3) is 4.98. The van der Waals surface area contributed by atoms with E-state index in [0.717, 1.165) is 5.56 Å². The van der Waals surface area contributed by atoms with E-state index in [1.807, 2.05) is 0 Å². The fourth-order valence-corrected chi connectivity index (χ4v) is 4.79. The lowest BCUT2D eigenvalue weighted by molar-refractivity contribution is -0.129. The first-order valence-electron chi connectivity index (χ1n) is 10.9. The molecule has 1 unspecified atom stereocenters. The summed E-state index contributed by atoms with van der Waals surface area (Å²) in [5.41, 5.74) is 1.45. The number of amides is 2. The summed E-state index contributed by atoms with van der Waals surface area (Å²) in [5.74, 6) is 2.44. The van der Waals surface area contributed by atoms with E-state index >= 15 is 0 Å². The quantitative estimate of drug-likeness (QED) is 0.465. The fourth-order valence-electron chi connectivity index (χ4n) is 4.07. The van der Waals surface area contributed by atoms with E-state index in [9.17, 15) is 14.0 Å². The lowest BCUT2D eigenvalue weighted by Gasteiger charge is -2.28. The van der Waals surface area contributed by atoms with Crippen molar-refractivity contribution in [1.82, 2.24) is 9.88 Å². The highest BCUT2D eigenvalue weighted by atomic mass is 32.1. The number of hydrogen-bond donors (Lipinski definition) is 0. The molecule has 3 aromatic rings. The molecule has 7 nitrogen and oxygen atoms in total. The number of benzene rings is 2. The average molecular weight is 494 g/mol. The van der Waals surface area contributed by atoms with Crippen LogP contribution >= 0.6 is 11.3 Å². The second-order valence-electron chi connectivity index (χ2n) is 8.00. The number of thiazole rings is 1. The Labute approximate surface area is 207 Å². The Bertz CT molecular complexity index is 1280. The van der Waals surface area contributed by atoms with E-state index in [2.05, 4.69) is 10.9 Å². The minimum atomic E-state index is -0.768. The Hall–Kier alpha value is -3.90. The number of aromatic nitrogens is 1. The molecule has 1 fully saturated rings. The number of carbonyl (C=O) groups excluding carboxylic acids is 2. The zero-order chi connectivity index (χ0) is 25.1. The molecule has 9 heteroatoms. The predicted molar refractivity (Wildman–Crippen MR) is 131 cm³/mol. The summed E-state index contributed by atoms with van der Waals surface area (Å²) in [6, 6.07) is 10.3. The van der Waals surface area contributed by atoms with Gasteiger partial charge in [0.05, 0.1) is 19.9 Å². The summed E-state index contributed by atoms with van der Waals surface area (Å²) >= 11 is 1.25. The van der Waals surface area contributed by atoms with Gasteiger partial charge in [0, 0.05) is 36.2 Å². The molecule has 0 spiro atoms. The summed E-state index contributed by atoms with van der Waals surface area (Å²) in [4.78, 5) is 35.5. The maximum Gasteiger partial charge on any atom is 0.278 e. The highest BCUT2D eigenvalue weighted by molar-refractivity contribution is 7.12. The molecule has 2 amide bonds. The third-order valence-electron chi connectivity index (χ3n) is 5.82. The maximum atomic E-state index is 13.8. The number of likely N-dealkylation sites (tertiary alicyclic amines) is 1. The number of hydrogen-bond acceptors (Lipinski definition) is 6. The van der Waals surface area contributed by atoms with Crippen molar-refractivity contribution in [3.63, 3.8) is 0 Å². The Kier molecular flexibility index (Phi) is 7.03. The van der Waals surface area contributed by atoms with Crippen molar-refractivity contribution >= 4 is 28.8 Å². The van der Waals surface area contributed by atoms with Gasteiger partial charge in [-0.3, -0.25) is 14.5 Å². The Balaban J connectivity index is 1.72. The molecular formula is C26H24FN3O4S. The van der Waals surface area contributed by atoms with Crippen LogP contribution in [0.4, 0.5) is 10.1 Å². The lowest BCUT2D eigenvalue weighted by atomic mass is 10.1. The highest BCUT2D eigenvalue weighted by Gasteiger charge is 2.40. The van der Waals surface area contributed by atoms with Crippen molar-refractivity contribution in [3.05, 3.63) is 69.4 Å². The topological polar surface area (TPSA) is 72.0 Å². The van der Waals surface area contributed by atoms with Crippen LogP contribution in [-0.4, -0.2) is 48.5 Å². The van der Waals surface area contributed by atoms with Crippen LogP contribution in [0.1, 0.15) is 32.4 Å². The van der Waals surface area contributed by atoms with Gasteiger partial charge in [-0.15, -0.1) is 17.8 Å². The van der Waals surface area contributed by atoms with Crippen molar-refractivity contribution < 1.29 is 23.5 Å². The maximum absolute atomic E-state index is 13.8. The molecule has 0 aliphatic carbocycles. The Morgan fingerprint density at radius 3 is 2.46 bits per heavy atom. The first-order chi connectivity index (χ1) is 16.8. The molecule has 0 radical (unpaired) electrons. The number of ether oxygens (including phenoxy) is 2. The normalized spacial score (nSPS) is 15.1. The largest absolute Gasteiger partial charge is 0.497 e. The lowest BCUT2D eigenvalue weighted by Crippen LogP contribution is -2.46. The van der Waals surface area contributed by atoms with Crippen molar-refractivity contribution in [2.45, 2.75) is 25.9 Å². The molecule has 2 aromatic carbocycles. The Morgan fingerprint density at radius 1 is 1.23 bits per heavy atom. The molecule has 1 aromatic heterocycles. The first kappa shape index (κ1) is 24.2. The summed E-state index contributed by atoms with van der Waals surface area (Å²) in [7, 11) is 3.03. The second-order valence-corrected chi connectivity index (χ2v) is 9.21. The summed E-state index contributed by atoms with van der Waals surface area (Å²) < 4.78 is 24.1. The van der Waals surface area contributed by atoms with Crippen LogP contribution in [0.3, 0.4) is 0 Å². The van der Waals surface area contributed by atoms with Gasteiger partial charge in [-0.25, -0.2) is 9.37 Å². The first-order valence-corrected chi connectivity index (χ1v) is 11.7. The number of aryl methyl sites for hydroxylation is 1. The molecule has 35 heavy (non-hydrogen) atoms. The van der Waals surface area contributed by atoms with Crippen molar-refractivity contribution in [2.24, 2.45) is 0 Å². The molecule has 1 atom stereocenters. The van der Waals surface area contributed by atoms with Gasteiger partial charge in [-0.2, -0.15) is 0 Å². The van der Waals surface area contributed by atoms with Gasteiger partial charge in [0.1, 0.15) is 29.1 Å². The SMILES string of the molecule is C#Cc1nc(C(=O)N(c2cc(OC)cc(OC)c2)C2CCN(Cc3ccc(F)cc3)C2=O)c(C)s1. The zero-order valence-electron chi connectivity index (χ0n) is 19.6. The molecule has 0 saturated carbocycles. The number of anilines is 1. The number of nitrogens with zero attached hydrogens (tertiary/aromatic N) is 3. The minimum absolute atomic E-state index is 0.203. The van der Waals surface area contributed by atoms with E-state index < -0.39 is 11.9 Å². The number of rotatable bonds is 7. The summed E-state index contributed by atoms with van der Waals surface area (Å²) in [5, 5.41) is 0.393. The smallest absolute Gasteiger partial charge is 0.278 e. The van der Waals surface area contributed by atoms with Gasteiger partial charge in [-0.1, -0.05) is 12.1 Å². The molecule has 180 valence electrons. The predicted octanol–water partition coefficient (Wildman–Crippen LogP) is 4.04. The van der Waals surface area contributed by atoms with E-state index in [4.69, 9.17) is 15.9 Å². The fraction of sp³-hybridized carbons (Fsp3) is 0.269. The Morgan fingerprint density at radius 2 is 1.89 bits per heavy atom. The average Bonchev–Trinajstić information content (AvgIpc) is 3.42. The molecule has 1 aliphatic rings. The van der Waals surface area contributed by atoms with Gasteiger partial charge in [0.2, 0.25) is 5.91 Å². The standard InChI is InChI=1S/C26H24FN3O4S/c1-5-23-28-24(16(2)35-23)26(32)30(19-12-20(33-3)14-21(13-19)34-4)22-10-11-29(25(22)31)15-17-6-8-18(27)9-7-17/h1,6-9,12-14,22H,10-11,15H2,2-4H3.